The maximum atomic E-state index is 11.9. The number of hydrogen-bond donors (Lipinski definition) is 1. The summed E-state index contributed by atoms with van der Waals surface area (Å²) in [5.74, 6) is 0.292. The molecule has 0 saturated carbocycles. The lowest BCUT2D eigenvalue weighted by atomic mass is 9.92. The Hall–Kier alpha value is -2.29. The predicted octanol–water partition coefficient (Wildman–Crippen LogP) is 5.10. The molecule has 0 aliphatic rings. The minimum Gasteiger partial charge on any atom is -0.444 e. The monoisotopic (exact) mass is 325 g/mol. The molecule has 0 aliphatic carbocycles. The second kappa shape index (κ2) is 8.00. The Morgan fingerprint density at radius 2 is 1.92 bits per heavy atom. The van der Waals surface area contributed by atoms with E-state index in [-0.39, 0.29) is 6.09 Å². The smallest absolute Gasteiger partial charge is 0.407 e. The molecule has 128 valence electrons. The number of benzene rings is 2. The van der Waals surface area contributed by atoms with Crippen LogP contribution < -0.4 is 5.32 Å². The van der Waals surface area contributed by atoms with Gasteiger partial charge >= 0.3 is 6.09 Å². The molecular weight excluding hydrogens is 298 g/mol. The summed E-state index contributed by atoms with van der Waals surface area (Å²) in [5, 5.41) is 5.40. The number of allylic oxidation sites excluding steroid dienone is 1. The highest BCUT2D eigenvalue weighted by Crippen LogP contribution is 2.22. The SMILES string of the molecule is C=CC[C@H](CNC(=O)OC(C)(C)C)Cc1cccc2ccccc12. The third kappa shape index (κ3) is 5.41. The molecule has 0 unspecified atom stereocenters. The van der Waals surface area contributed by atoms with E-state index in [2.05, 4.69) is 54.4 Å². The third-order valence-corrected chi connectivity index (χ3v) is 3.82. The van der Waals surface area contributed by atoms with Crippen LogP contribution >= 0.6 is 0 Å². The van der Waals surface area contributed by atoms with Gasteiger partial charge < -0.3 is 10.1 Å². The fraction of sp³-hybridized carbons (Fsp3) is 0.381. The molecule has 3 nitrogen and oxygen atoms in total. The van der Waals surface area contributed by atoms with E-state index in [0.29, 0.717) is 12.5 Å². The number of carbonyl (C=O) groups excluding carboxylic acids is 1. The van der Waals surface area contributed by atoms with Gasteiger partial charge in [0.1, 0.15) is 5.60 Å². The summed E-state index contributed by atoms with van der Waals surface area (Å²) in [6.45, 7) is 10.0. The average Bonchev–Trinajstić information content (AvgIpc) is 2.51. The molecule has 0 spiro atoms. The van der Waals surface area contributed by atoms with Crippen LogP contribution in [0.3, 0.4) is 0 Å². The Balaban J connectivity index is 2.05. The van der Waals surface area contributed by atoms with Gasteiger partial charge in [-0.2, -0.15) is 0 Å². The lowest BCUT2D eigenvalue weighted by Gasteiger charge is -2.22. The number of amides is 1. The van der Waals surface area contributed by atoms with Gasteiger partial charge in [0.25, 0.3) is 0 Å². The van der Waals surface area contributed by atoms with Crippen molar-refractivity contribution >= 4 is 16.9 Å². The molecular formula is C21H27NO2. The molecule has 3 heteroatoms. The highest BCUT2D eigenvalue weighted by atomic mass is 16.6. The van der Waals surface area contributed by atoms with E-state index in [4.69, 9.17) is 4.74 Å². The molecule has 0 radical (unpaired) electrons. The molecule has 2 rings (SSSR count). The number of ether oxygens (including phenoxy) is 1. The van der Waals surface area contributed by atoms with Crippen LogP contribution in [-0.4, -0.2) is 18.2 Å². The predicted molar refractivity (Wildman–Crippen MR) is 100 cm³/mol. The largest absolute Gasteiger partial charge is 0.444 e. The number of fused-ring (bicyclic) bond motifs is 1. The molecule has 0 saturated heterocycles. The topological polar surface area (TPSA) is 38.3 Å². The number of carbonyl (C=O) groups is 1. The van der Waals surface area contributed by atoms with Crippen LogP contribution in [0.4, 0.5) is 4.79 Å². The summed E-state index contributed by atoms with van der Waals surface area (Å²) in [7, 11) is 0. The molecule has 24 heavy (non-hydrogen) atoms. The molecule has 2 aromatic carbocycles. The number of hydrogen-bond acceptors (Lipinski definition) is 2. The van der Waals surface area contributed by atoms with E-state index >= 15 is 0 Å². The average molecular weight is 325 g/mol. The first-order valence-corrected chi connectivity index (χ1v) is 8.43. The highest BCUT2D eigenvalue weighted by Gasteiger charge is 2.17. The highest BCUT2D eigenvalue weighted by molar-refractivity contribution is 5.85. The first-order chi connectivity index (χ1) is 11.4. The van der Waals surface area contributed by atoms with Crippen molar-refractivity contribution in [3.63, 3.8) is 0 Å². The van der Waals surface area contributed by atoms with E-state index in [1.807, 2.05) is 26.8 Å². The van der Waals surface area contributed by atoms with E-state index < -0.39 is 5.60 Å². The van der Waals surface area contributed by atoms with Crippen LogP contribution in [0.15, 0.2) is 55.1 Å². The second-order valence-corrected chi connectivity index (χ2v) is 7.12. The van der Waals surface area contributed by atoms with Crippen molar-refractivity contribution in [1.29, 1.82) is 0 Å². The van der Waals surface area contributed by atoms with Gasteiger partial charge in [0.2, 0.25) is 0 Å². The summed E-state index contributed by atoms with van der Waals surface area (Å²) in [6.07, 6.45) is 3.28. The van der Waals surface area contributed by atoms with Crippen LogP contribution in [0.25, 0.3) is 10.8 Å². The summed E-state index contributed by atoms with van der Waals surface area (Å²) < 4.78 is 5.31. The molecule has 0 heterocycles. The van der Waals surface area contributed by atoms with Crippen molar-refractivity contribution in [3.8, 4) is 0 Å². The normalized spacial score (nSPS) is 12.6. The van der Waals surface area contributed by atoms with Gasteiger partial charge in [-0.05, 0) is 55.9 Å². The minimum atomic E-state index is -0.479. The van der Waals surface area contributed by atoms with Crippen LogP contribution in [0.2, 0.25) is 0 Å². The quantitative estimate of drug-likeness (QED) is 0.750. The first-order valence-electron chi connectivity index (χ1n) is 8.43. The third-order valence-electron chi connectivity index (χ3n) is 3.82. The van der Waals surface area contributed by atoms with Crippen molar-refractivity contribution in [2.45, 2.75) is 39.2 Å². The molecule has 0 bridgehead atoms. The van der Waals surface area contributed by atoms with Gasteiger partial charge in [0.15, 0.2) is 0 Å². The van der Waals surface area contributed by atoms with E-state index in [1.165, 1.54) is 16.3 Å². The Kier molecular flexibility index (Phi) is 6.02. The molecule has 1 atom stereocenters. The van der Waals surface area contributed by atoms with Gasteiger partial charge in [-0.1, -0.05) is 48.5 Å². The van der Waals surface area contributed by atoms with Gasteiger partial charge in [0.05, 0.1) is 0 Å². The zero-order valence-corrected chi connectivity index (χ0v) is 14.8. The van der Waals surface area contributed by atoms with Crippen molar-refractivity contribution in [2.75, 3.05) is 6.54 Å². The Morgan fingerprint density at radius 1 is 1.21 bits per heavy atom. The van der Waals surface area contributed by atoms with Crippen molar-refractivity contribution < 1.29 is 9.53 Å². The summed E-state index contributed by atoms with van der Waals surface area (Å²) in [6, 6.07) is 14.8. The molecule has 2 aromatic rings. The van der Waals surface area contributed by atoms with Crippen LogP contribution in [-0.2, 0) is 11.2 Å². The Morgan fingerprint density at radius 3 is 2.62 bits per heavy atom. The van der Waals surface area contributed by atoms with Crippen LogP contribution in [0.5, 0.6) is 0 Å². The Labute approximate surface area is 144 Å². The number of nitrogens with one attached hydrogen (secondary N) is 1. The van der Waals surface area contributed by atoms with Crippen molar-refractivity contribution in [3.05, 3.63) is 60.7 Å². The van der Waals surface area contributed by atoms with Crippen molar-refractivity contribution in [1.82, 2.24) is 5.32 Å². The van der Waals surface area contributed by atoms with Gasteiger partial charge in [-0.15, -0.1) is 6.58 Å². The first kappa shape index (κ1) is 18.1. The maximum Gasteiger partial charge on any atom is 0.407 e. The maximum absolute atomic E-state index is 11.9. The van der Waals surface area contributed by atoms with Crippen LogP contribution in [0, 0.1) is 5.92 Å². The standard InChI is InChI=1S/C21H27NO2/c1-5-9-16(15-22-20(23)24-21(2,3)4)14-18-12-8-11-17-10-6-7-13-19(17)18/h5-8,10-13,16H,1,9,14-15H2,2-4H3,(H,22,23)/t16-/m0/s1. The van der Waals surface area contributed by atoms with Gasteiger partial charge in [-0.25, -0.2) is 4.79 Å². The fourth-order valence-corrected chi connectivity index (χ4v) is 2.80. The van der Waals surface area contributed by atoms with Gasteiger partial charge in [-0.3, -0.25) is 0 Å². The zero-order chi connectivity index (χ0) is 17.6. The lowest BCUT2D eigenvalue weighted by molar-refractivity contribution is 0.0519. The second-order valence-electron chi connectivity index (χ2n) is 7.12. The molecule has 0 aromatic heterocycles. The fourth-order valence-electron chi connectivity index (χ4n) is 2.80. The van der Waals surface area contributed by atoms with Crippen molar-refractivity contribution in [2.24, 2.45) is 5.92 Å². The summed E-state index contributed by atoms with van der Waals surface area (Å²) >= 11 is 0. The summed E-state index contributed by atoms with van der Waals surface area (Å²) in [4.78, 5) is 11.9. The number of rotatable bonds is 6. The van der Waals surface area contributed by atoms with E-state index in [0.717, 1.165) is 12.8 Å². The lowest BCUT2D eigenvalue weighted by Crippen LogP contribution is -2.35. The molecule has 0 aliphatic heterocycles. The van der Waals surface area contributed by atoms with Gasteiger partial charge in [0, 0.05) is 6.54 Å². The van der Waals surface area contributed by atoms with E-state index in [9.17, 15) is 4.79 Å². The Bertz CT molecular complexity index is 695. The number of alkyl carbamates (subject to hydrolysis) is 1. The molecule has 0 fully saturated rings. The zero-order valence-electron chi connectivity index (χ0n) is 14.8. The van der Waals surface area contributed by atoms with Crippen LogP contribution in [0.1, 0.15) is 32.8 Å². The summed E-state index contributed by atoms with van der Waals surface area (Å²) in [5.41, 5.74) is 0.819. The molecule has 1 N–H and O–H groups in total. The van der Waals surface area contributed by atoms with E-state index in [1.54, 1.807) is 0 Å². The minimum absolute atomic E-state index is 0.292. The molecule has 1 amide bonds.